The lowest BCUT2D eigenvalue weighted by Crippen LogP contribution is -2.37. The maximum absolute atomic E-state index is 12.7. The van der Waals surface area contributed by atoms with Gasteiger partial charge < -0.3 is 14.7 Å². The van der Waals surface area contributed by atoms with Gasteiger partial charge in [-0.25, -0.2) is 0 Å². The van der Waals surface area contributed by atoms with Gasteiger partial charge >= 0.3 is 0 Å². The number of amides is 1. The van der Waals surface area contributed by atoms with Crippen LogP contribution in [0, 0.1) is 11.8 Å². The number of benzene rings is 1. The summed E-state index contributed by atoms with van der Waals surface area (Å²) in [6, 6.07) is 10.1. The minimum absolute atomic E-state index is 0.0569. The van der Waals surface area contributed by atoms with E-state index in [2.05, 4.69) is 11.1 Å². The van der Waals surface area contributed by atoms with Gasteiger partial charge in [0.1, 0.15) is 0 Å². The SMILES string of the molecule is O=C(C1CCOCC1)N1C[C@@H](Cc2ccnc3ccccc23)[C@@H](O)C1. The van der Waals surface area contributed by atoms with E-state index in [1.165, 1.54) is 5.56 Å². The fraction of sp³-hybridized carbons (Fsp3) is 0.500. The van der Waals surface area contributed by atoms with Gasteiger partial charge in [0.15, 0.2) is 0 Å². The Labute approximate surface area is 147 Å². The summed E-state index contributed by atoms with van der Waals surface area (Å²) in [4.78, 5) is 19.0. The van der Waals surface area contributed by atoms with Gasteiger partial charge in [-0.05, 0) is 37.0 Å². The van der Waals surface area contributed by atoms with Gasteiger partial charge in [-0.2, -0.15) is 0 Å². The summed E-state index contributed by atoms with van der Waals surface area (Å²) in [6.45, 7) is 2.41. The summed E-state index contributed by atoms with van der Waals surface area (Å²) in [7, 11) is 0. The molecule has 5 heteroatoms. The van der Waals surface area contributed by atoms with Gasteiger partial charge in [0.25, 0.3) is 0 Å². The van der Waals surface area contributed by atoms with E-state index < -0.39 is 6.10 Å². The van der Waals surface area contributed by atoms with E-state index in [1.54, 1.807) is 0 Å². The number of aliphatic hydroxyl groups excluding tert-OH is 1. The maximum Gasteiger partial charge on any atom is 0.225 e. The number of ether oxygens (including phenoxy) is 1. The van der Waals surface area contributed by atoms with Crippen LogP contribution in [0.15, 0.2) is 36.5 Å². The molecule has 0 unspecified atom stereocenters. The molecule has 0 spiro atoms. The summed E-state index contributed by atoms with van der Waals surface area (Å²) in [5.41, 5.74) is 2.16. The summed E-state index contributed by atoms with van der Waals surface area (Å²) in [5, 5.41) is 11.6. The number of rotatable bonds is 3. The number of hydrogen-bond acceptors (Lipinski definition) is 4. The summed E-state index contributed by atoms with van der Waals surface area (Å²) < 4.78 is 5.35. The number of fused-ring (bicyclic) bond motifs is 1. The zero-order valence-corrected chi connectivity index (χ0v) is 14.3. The average molecular weight is 340 g/mol. The molecule has 3 heterocycles. The third kappa shape index (κ3) is 3.39. The van der Waals surface area contributed by atoms with Crippen LogP contribution in [0.5, 0.6) is 0 Å². The Hall–Kier alpha value is -1.98. The number of carbonyl (C=O) groups excluding carboxylic acids is 1. The van der Waals surface area contributed by atoms with Crippen molar-refractivity contribution in [1.82, 2.24) is 9.88 Å². The molecule has 2 atom stereocenters. The largest absolute Gasteiger partial charge is 0.391 e. The van der Waals surface area contributed by atoms with Crippen molar-refractivity contribution >= 4 is 16.8 Å². The van der Waals surface area contributed by atoms with Crippen molar-refractivity contribution in [2.45, 2.75) is 25.4 Å². The number of aliphatic hydroxyl groups is 1. The molecular weight excluding hydrogens is 316 g/mol. The number of para-hydroxylation sites is 1. The number of likely N-dealkylation sites (tertiary alicyclic amines) is 1. The summed E-state index contributed by atoms with van der Waals surface area (Å²) in [5.74, 6) is 0.320. The second kappa shape index (κ2) is 7.10. The maximum atomic E-state index is 12.7. The predicted molar refractivity (Wildman–Crippen MR) is 95.1 cm³/mol. The first-order chi connectivity index (χ1) is 12.2. The zero-order valence-electron chi connectivity index (χ0n) is 14.3. The molecule has 0 radical (unpaired) electrons. The van der Waals surface area contributed by atoms with Crippen LogP contribution in [-0.2, 0) is 16.0 Å². The fourth-order valence-corrected chi connectivity index (χ4v) is 4.05. The second-order valence-electron chi connectivity index (χ2n) is 7.15. The van der Waals surface area contributed by atoms with Crippen molar-refractivity contribution < 1.29 is 14.6 Å². The van der Waals surface area contributed by atoms with Crippen LogP contribution in [-0.4, -0.2) is 53.3 Å². The van der Waals surface area contributed by atoms with Crippen molar-refractivity contribution in [2.24, 2.45) is 11.8 Å². The van der Waals surface area contributed by atoms with E-state index in [9.17, 15) is 9.90 Å². The number of aromatic nitrogens is 1. The van der Waals surface area contributed by atoms with E-state index in [4.69, 9.17) is 4.74 Å². The van der Waals surface area contributed by atoms with E-state index in [0.29, 0.717) is 26.3 Å². The Bertz CT molecular complexity index is 752. The number of β-amino-alcohol motifs (C(OH)–C–C–N with tert-alkyl or cyclic N) is 1. The molecule has 0 aliphatic carbocycles. The molecule has 1 N–H and O–H groups in total. The molecule has 25 heavy (non-hydrogen) atoms. The quantitative estimate of drug-likeness (QED) is 0.929. The van der Waals surface area contributed by atoms with Crippen LogP contribution in [0.3, 0.4) is 0 Å². The number of pyridine rings is 1. The lowest BCUT2D eigenvalue weighted by Gasteiger charge is -2.26. The number of hydrogen-bond donors (Lipinski definition) is 1. The van der Waals surface area contributed by atoms with E-state index in [-0.39, 0.29) is 17.7 Å². The molecule has 2 aromatic rings. The van der Waals surface area contributed by atoms with Crippen molar-refractivity contribution in [3.05, 3.63) is 42.1 Å². The molecule has 5 nitrogen and oxygen atoms in total. The van der Waals surface area contributed by atoms with Gasteiger partial charge in [-0.3, -0.25) is 9.78 Å². The van der Waals surface area contributed by atoms with Crippen molar-refractivity contribution in [2.75, 3.05) is 26.3 Å². The Morgan fingerprint density at radius 2 is 2.00 bits per heavy atom. The van der Waals surface area contributed by atoms with E-state index in [0.717, 1.165) is 30.2 Å². The highest BCUT2D eigenvalue weighted by atomic mass is 16.5. The average Bonchev–Trinajstić information content (AvgIpc) is 3.03. The summed E-state index contributed by atoms with van der Waals surface area (Å²) >= 11 is 0. The molecule has 2 saturated heterocycles. The zero-order chi connectivity index (χ0) is 17.2. The lowest BCUT2D eigenvalue weighted by atomic mass is 9.94. The monoisotopic (exact) mass is 340 g/mol. The van der Waals surface area contributed by atoms with E-state index in [1.807, 2.05) is 35.4 Å². The Morgan fingerprint density at radius 1 is 1.20 bits per heavy atom. The molecule has 132 valence electrons. The van der Waals surface area contributed by atoms with Crippen LogP contribution in [0.2, 0.25) is 0 Å². The highest BCUT2D eigenvalue weighted by molar-refractivity contribution is 5.82. The fourth-order valence-electron chi connectivity index (χ4n) is 4.05. The lowest BCUT2D eigenvalue weighted by molar-refractivity contribution is -0.137. The number of carbonyl (C=O) groups is 1. The summed E-state index contributed by atoms with van der Waals surface area (Å²) in [6.07, 6.45) is 3.72. The standard InChI is InChI=1S/C20H24N2O3/c23-19-13-22(20(24)14-6-9-25-10-7-14)12-16(19)11-15-5-8-21-18-4-2-1-3-17(15)18/h1-5,8,14,16,19,23H,6-7,9-13H2/t16-,19+/m1/s1. The third-order valence-corrected chi connectivity index (χ3v) is 5.51. The van der Waals surface area contributed by atoms with Gasteiger partial charge in [0, 0.05) is 49.7 Å². The van der Waals surface area contributed by atoms with Gasteiger partial charge in [-0.15, -0.1) is 0 Å². The van der Waals surface area contributed by atoms with Crippen molar-refractivity contribution in [1.29, 1.82) is 0 Å². The molecule has 0 bridgehead atoms. The van der Waals surface area contributed by atoms with Crippen molar-refractivity contribution in [3.63, 3.8) is 0 Å². The molecule has 0 saturated carbocycles. The highest BCUT2D eigenvalue weighted by Gasteiger charge is 2.37. The van der Waals surface area contributed by atoms with Gasteiger partial charge in [0.05, 0.1) is 11.6 Å². The molecule has 2 aliphatic rings. The first-order valence-corrected chi connectivity index (χ1v) is 9.09. The Kier molecular flexibility index (Phi) is 4.68. The molecular formula is C20H24N2O3. The van der Waals surface area contributed by atoms with Crippen molar-refractivity contribution in [3.8, 4) is 0 Å². The predicted octanol–water partition coefficient (Wildman–Crippen LogP) is 2.02. The Morgan fingerprint density at radius 3 is 2.84 bits per heavy atom. The number of nitrogens with zero attached hydrogens (tertiary/aromatic N) is 2. The minimum atomic E-state index is -0.462. The first-order valence-electron chi connectivity index (χ1n) is 9.09. The van der Waals surface area contributed by atoms with Crippen LogP contribution in [0.4, 0.5) is 0 Å². The minimum Gasteiger partial charge on any atom is -0.391 e. The molecule has 1 aromatic carbocycles. The van der Waals surface area contributed by atoms with Gasteiger partial charge in [-0.1, -0.05) is 18.2 Å². The van der Waals surface area contributed by atoms with Crippen LogP contribution in [0.1, 0.15) is 18.4 Å². The molecule has 1 amide bonds. The Balaban J connectivity index is 1.47. The topological polar surface area (TPSA) is 62.7 Å². The highest BCUT2D eigenvalue weighted by Crippen LogP contribution is 2.27. The third-order valence-electron chi connectivity index (χ3n) is 5.51. The molecule has 1 aromatic heterocycles. The first kappa shape index (κ1) is 16.5. The van der Waals surface area contributed by atoms with Crippen LogP contribution in [0.25, 0.3) is 10.9 Å². The molecule has 2 fully saturated rings. The van der Waals surface area contributed by atoms with Gasteiger partial charge in [0.2, 0.25) is 5.91 Å². The second-order valence-corrected chi connectivity index (χ2v) is 7.15. The van der Waals surface area contributed by atoms with E-state index >= 15 is 0 Å². The molecule has 2 aliphatic heterocycles. The smallest absolute Gasteiger partial charge is 0.225 e. The van der Waals surface area contributed by atoms with Crippen LogP contribution >= 0.6 is 0 Å². The van der Waals surface area contributed by atoms with Crippen LogP contribution < -0.4 is 0 Å². The molecule has 4 rings (SSSR count). The normalized spacial score (nSPS) is 24.8.